The molecular formula is C15H15FN2O. The summed E-state index contributed by atoms with van der Waals surface area (Å²) >= 11 is 0. The van der Waals surface area contributed by atoms with Crippen LogP contribution >= 0.6 is 0 Å². The summed E-state index contributed by atoms with van der Waals surface area (Å²) in [6.45, 7) is 1.14. The molecule has 0 aliphatic carbocycles. The van der Waals surface area contributed by atoms with Gasteiger partial charge in [-0.25, -0.2) is 4.39 Å². The van der Waals surface area contributed by atoms with Crippen molar-refractivity contribution in [1.29, 1.82) is 0 Å². The van der Waals surface area contributed by atoms with Crippen molar-refractivity contribution in [2.45, 2.75) is 13.1 Å². The fourth-order valence-electron chi connectivity index (χ4n) is 1.86. The number of hydrogen-bond acceptors (Lipinski definition) is 2. The van der Waals surface area contributed by atoms with Gasteiger partial charge in [0.15, 0.2) is 0 Å². The molecule has 0 unspecified atom stereocenters. The number of nitrogens with one attached hydrogen (secondary N) is 1. The van der Waals surface area contributed by atoms with E-state index in [-0.39, 0.29) is 5.82 Å². The quantitative estimate of drug-likeness (QED) is 0.864. The van der Waals surface area contributed by atoms with Crippen molar-refractivity contribution >= 4 is 5.91 Å². The highest BCUT2D eigenvalue weighted by Crippen LogP contribution is 2.08. The Morgan fingerprint density at radius 1 is 1.05 bits per heavy atom. The Labute approximate surface area is 111 Å². The Morgan fingerprint density at radius 2 is 1.74 bits per heavy atom. The predicted molar refractivity (Wildman–Crippen MR) is 71.9 cm³/mol. The van der Waals surface area contributed by atoms with E-state index in [0.717, 1.165) is 11.1 Å². The van der Waals surface area contributed by atoms with Crippen molar-refractivity contribution in [3.05, 3.63) is 71.0 Å². The average molecular weight is 258 g/mol. The van der Waals surface area contributed by atoms with Crippen molar-refractivity contribution in [3.8, 4) is 0 Å². The van der Waals surface area contributed by atoms with Gasteiger partial charge in [0.2, 0.25) is 5.91 Å². The highest BCUT2D eigenvalue weighted by Gasteiger charge is 2.06. The van der Waals surface area contributed by atoms with E-state index in [2.05, 4.69) is 5.32 Å². The normalized spacial score (nSPS) is 10.4. The van der Waals surface area contributed by atoms with Crippen LogP contribution in [-0.2, 0) is 13.1 Å². The minimum Gasteiger partial charge on any atom is -0.366 e. The molecule has 0 aliphatic rings. The number of primary amides is 1. The van der Waals surface area contributed by atoms with E-state index < -0.39 is 5.91 Å². The Kier molecular flexibility index (Phi) is 4.26. The van der Waals surface area contributed by atoms with E-state index in [4.69, 9.17) is 5.73 Å². The Balaban J connectivity index is 1.96. The molecule has 3 nitrogen and oxygen atoms in total. The molecule has 2 rings (SSSR count). The molecular weight excluding hydrogens is 243 g/mol. The summed E-state index contributed by atoms with van der Waals surface area (Å²) in [5, 5.41) is 3.20. The SMILES string of the molecule is NC(=O)c1ccccc1CNCc1ccc(F)cc1. The second-order valence-corrected chi connectivity index (χ2v) is 4.25. The molecule has 1 amide bonds. The number of amides is 1. The molecule has 19 heavy (non-hydrogen) atoms. The minimum atomic E-state index is -0.431. The van der Waals surface area contributed by atoms with Crippen LogP contribution in [0.4, 0.5) is 4.39 Å². The molecule has 0 aliphatic heterocycles. The van der Waals surface area contributed by atoms with Crippen molar-refractivity contribution in [1.82, 2.24) is 5.32 Å². The van der Waals surface area contributed by atoms with Crippen molar-refractivity contribution in [2.75, 3.05) is 0 Å². The topological polar surface area (TPSA) is 55.1 Å². The third kappa shape index (κ3) is 3.63. The first-order valence-corrected chi connectivity index (χ1v) is 5.99. The summed E-state index contributed by atoms with van der Waals surface area (Å²) in [7, 11) is 0. The molecule has 0 saturated heterocycles. The van der Waals surface area contributed by atoms with Gasteiger partial charge < -0.3 is 11.1 Å². The molecule has 2 aromatic rings. The zero-order valence-corrected chi connectivity index (χ0v) is 10.4. The largest absolute Gasteiger partial charge is 0.366 e. The molecule has 0 heterocycles. The summed E-state index contributed by atoms with van der Waals surface area (Å²) in [5.74, 6) is -0.679. The second-order valence-electron chi connectivity index (χ2n) is 4.25. The molecule has 0 radical (unpaired) electrons. The van der Waals surface area contributed by atoms with E-state index in [1.54, 1.807) is 24.3 Å². The van der Waals surface area contributed by atoms with Crippen LogP contribution in [0.1, 0.15) is 21.5 Å². The van der Waals surface area contributed by atoms with Crippen LogP contribution in [0.15, 0.2) is 48.5 Å². The standard InChI is InChI=1S/C15H15FN2O/c16-13-7-5-11(6-8-13)9-18-10-12-3-1-2-4-14(12)15(17)19/h1-8,18H,9-10H2,(H2,17,19). The fourth-order valence-corrected chi connectivity index (χ4v) is 1.86. The van der Waals surface area contributed by atoms with Crippen LogP contribution in [0.2, 0.25) is 0 Å². The van der Waals surface area contributed by atoms with E-state index in [9.17, 15) is 9.18 Å². The van der Waals surface area contributed by atoms with Gasteiger partial charge in [0, 0.05) is 18.7 Å². The first kappa shape index (κ1) is 13.2. The molecule has 98 valence electrons. The van der Waals surface area contributed by atoms with E-state index >= 15 is 0 Å². The number of benzene rings is 2. The molecule has 0 bridgehead atoms. The van der Waals surface area contributed by atoms with E-state index in [1.807, 2.05) is 12.1 Å². The number of halogens is 1. The number of carbonyl (C=O) groups excluding carboxylic acids is 1. The van der Waals surface area contributed by atoms with Crippen LogP contribution in [0.25, 0.3) is 0 Å². The van der Waals surface area contributed by atoms with Crippen LogP contribution in [-0.4, -0.2) is 5.91 Å². The Morgan fingerprint density at radius 3 is 2.42 bits per heavy atom. The molecule has 4 heteroatoms. The predicted octanol–water partition coefficient (Wildman–Crippen LogP) is 2.21. The Bertz CT molecular complexity index is 567. The van der Waals surface area contributed by atoms with Gasteiger partial charge in [-0.3, -0.25) is 4.79 Å². The van der Waals surface area contributed by atoms with Crippen LogP contribution in [0.3, 0.4) is 0 Å². The van der Waals surface area contributed by atoms with Crippen molar-refractivity contribution in [2.24, 2.45) is 5.73 Å². The highest BCUT2D eigenvalue weighted by atomic mass is 19.1. The molecule has 0 aromatic heterocycles. The second kappa shape index (κ2) is 6.11. The first-order valence-electron chi connectivity index (χ1n) is 5.99. The number of nitrogens with two attached hydrogens (primary N) is 1. The van der Waals surface area contributed by atoms with Gasteiger partial charge in [-0.05, 0) is 29.3 Å². The molecule has 0 saturated carbocycles. The van der Waals surface area contributed by atoms with Gasteiger partial charge in [0.1, 0.15) is 5.82 Å². The van der Waals surface area contributed by atoms with E-state index in [0.29, 0.717) is 18.7 Å². The Hall–Kier alpha value is -2.20. The number of carbonyl (C=O) groups is 1. The zero-order chi connectivity index (χ0) is 13.7. The van der Waals surface area contributed by atoms with Gasteiger partial charge >= 0.3 is 0 Å². The van der Waals surface area contributed by atoms with Gasteiger partial charge in [-0.1, -0.05) is 30.3 Å². The summed E-state index contributed by atoms with van der Waals surface area (Å²) < 4.78 is 12.7. The summed E-state index contributed by atoms with van der Waals surface area (Å²) in [6, 6.07) is 13.5. The monoisotopic (exact) mass is 258 g/mol. The minimum absolute atomic E-state index is 0.247. The smallest absolute Gasteiger partial charge is 0.249 e. The van der Waals surface area contributed by atoms with Crippen molar-refractivity contribution in [3.63, 3.8) is 0 Å². The number of rotatable bonds is 5. The molecule has 3 N–H and O–H groups in total. The van der Waals surface area contributed by atoms with Gasteiger partial charge in [-0.2, -0.15) is 0 Å². The molecule has 0 atom stereocenters. The lowest BCUT2D eigenvalue weighted by Crippen LogP contribution is -2.18. The third-order valence-corrected chi connectivity index (χ3v) is 2.84. The maximum atomic E-state index is 12.7. The highest BCUT2D eigenvalue weighted by molar-refractivity contribution is 5.94. The van der Waals surface area contributed by atoms with Crippen LogP contribution < -0.4 is 11.1 Å². The molecule has 0 spiro atoms. The average Bonchev–Trinajstić information content (AvgIpc) is 2.41. The van der Waals surface area contributed by atoms with Crippen LogP contribution in [0, 0.1) is 5.82 Å². The summed E-state index contributed by atoms with van der Waals surface area (Å²) in [4.78, 5) is 11.2. The van der Waals surface area contributed by atoms with Gasteiger partial charge in [0.25, 0.3) is 0 Å². The first-order chi connectivity index (χ1) is 9.16. The van der Waals surface area contributed by atoms with E-state index in [1.165, 1.54) is 12.1 Å². The zero-order valence-electron chi connectivity index (χ0n) is 10.4. The maximum Gasteiger partial charge on any atom is 0.249 e. The fraction of sp³-hybridized carbons (Fsp3) is 0.133. The summed E-state index contributed by atoms with van der Waals surface area (Å²) in [6.07, 6.45) is 0. The summed E-state index contributed by atoms with van der Waals surface area (Å²) in [5.41, 5.74) is 7.67. The maximum absolute atomic E-state index is 12.7. The number of hydrogen-bond donors (Lipinski definition) is 2. The molecule has 2 aromatic carbocycles. The molecule has 0 fully saturated rings. The third-order valence-electron chi connectivity index (χ3n) is 2.84. The lowest BCUT2D eigenvalue weighted by Gasteiger charge is -2.08. The lowest BCUT2D eigenvalue weighted by atomic mass is 10.1. The van der Waals surface area contributed by atoms with Gasteiger partial charge in [0.05, 0.1) is 0 Å². The van der Waals surface area contributed by atoms with Crippen LogP contribution in [0.5, 0.6) is 0 Å². The van der Waals surface area contributed by atoms with Crippen molar-refractivity contribution < 1.29 is 9.18 Å². The van der Waals surface area contributed by atoms with Gasteiger partial charge in [-0.15, -0.1) is 0 Å². The lowest BCUT2D eigenvalue weighted by molar-refractivity contribution is 0.0999.